The zero-order valence-corrected chi connectivity index (χ0v) is 13.3. The van der Waals surface area contributed by atoms with E-state index < -0.39 is 18.0 Å². The van der Waals surface area contributed by atoms with E-state index in [1.165, 1.54) is 16.8 Å². The monoisotopic (exact) mass is 329 g/mol. The summed E-state index contributed by atoms with van der Waals surface area (Å²) in [4.78, 5) is 28.1. The summed E-state index contributed by atoms with van der Waals surface area (Å²) in [5, 5.41) is 12.5. The Morgan fingerprint density at radius 1 is 1.38 bits per heavy atom. The van der Waals surface area contributed by atoms with E-state index in [4.69, 9.17) is 4.74 Å². The lowest BCUT2D eigenvalue weighted by atomic mass is 10.1. The van der Waals surface area contributed by atoms with Crippen molar-refractivity contribution in [3.8, 4) is 0 Å². The van der Waals surface area contributed by atoms with Gasteiger partial charge in [0.25, 0.3) is 5.91 Å². The maximum absolute atomic E-state index is 12.2. The van der Waals surface area contributed by atoms with E-state index in [-0.39, 0.29) is 17.8 Å². The second-order valence-electron chi connectivity index (χ2n) is 5.66. The summed E-state index contributed by atoms with van der Waals surface area (Å²) in [6, 6.07) is 10.2. The lowest BCUT2D eigenvalue weighted by Gasteiger charge is -2.15. The van der Waals surface area contributed by atoms with Gasteiger partial charge in [-0.2, -0.15) is 4.98 Å². The molecule has 1 unspecified atom stereocenters. The summed E-state index contributed by atoms with van der Waals surface area (Å²) in [5.41, 5.74) is -0.0497. The molecule has 2 N–H and O–H groups in total. The van der Waals surface area contributed by atoms with E-state index in [1.54, 1.807) is 24.3 Å². The first-order valence-electron chi connectivity index (χ1n) is 7.87. The fourth-order valence-electron chi connectivity index (χ4n) is 2.73. The van der Waals surface area contributed by atoms with Crippen LogP contribution in [0.5, 0.6) is 0 Å². The molecule has 0 saturated carbocycles. The molecular weight excluding hydrogens is 310 g/mol. The van der Waals surface area contributed by atoms with Gasteiger partial charge in [-0.15, -0.1) is 0 Å². The number of carbonyl (C=O) groups excluding carboxylic acids is 1. The lowest BCUT2D eigenvalue weighted by molar-refractivity contribution is -0.0216. The second-order valence-corrected chi connectivity index (χ2v) is 5.66. The average Bonchev–Trinajstić information content (AvgIpc) is 2.96. The Kier molecular flexibility index (Phi) is 4.73. The Labute approximate surface area is 138 Å². The zero-order chi connectivity index (χ0) is 17.1. The molecule has 3 rings (SSSR count). The fraction of sp³-hybridized carbons (Fsp3) is 0.353. The maximum Gasteiger partial charge on any atom is 0.351 e. The van der Waals surface area contributed by atoms with Crippen LogP contribution in [0.25, 0.3) is 0 Å². The van der Waals surface area contributed by atoms with Crippen molar-refractivity contribution in [2.24, 2.45) is 0 Å². The van der Waals surface area contributed by atoms with E-state index in [1.807, 2.05) is 13.0 Å². The molecule has 2 heterocycles. The SMILES string of the molecule is CC[C@H]1O[C@@H](n2ccc(NC(=O)c3ccccc3)nc2=O)CC1O. The van der Waals surface area contributed by atoms with Crippen LogP contribution >= 0.6 is 0 Å². The molecular formula is C17H19N3O4. The maximum atomic E-state index is 12.2. The molecule has 0 bridgehead atoms. The first kappa shape index (κ1) is 16.4. The van der Waals surface area contributed by atoms with E-state index in [0.29, 0.717) is 18.4 Å². The molecule has 7 heteroatoms. The largest absolute Gasteiger partial charge is 0.390 e. The number of aliphatic hydroxyl groups is 1. The van der Waals surface area contributed by atoms with Gasteiger partial charge in [0.05, 0.1) is 12.2 Å². The van der Waals surface area contributed by atoms with Gasteiger partial charge in [0, 0.05) is 18.2 Å². The van der Waals surface area contributed by atoms with Crippen molar-refractivity contribution in [2.45, 2.75) is 38.2 Å². The minimum absolute atomic E-state index is 0.177. The first-order valence-corrected chi connectivity index (χ1v) is 7.87. The van der Waals surface area contributed by atoms with Crippen LogP contribution in [0.2, 0.25) is 0 Å². The normalized spacial score (nSPS) is 23.2. The number of nitrogens with one attached hydrogen (secondary N) is 1. The molecule has 0 aliphatic carbocycles. The number of ether oxygens (including phenoxy) is 1. The number of amides is 1. The number of rotatable bonds is 4. The van der Waals surface area contributed by atoms with Gasteiger partial charge in [0.1, 0.15) is 12.0 Å². The Bertz CT molecular complexity index is 775. The minimum atomic E-state index is -0.593. The van der Waals surface area contributed by atoms with Crippen LogP contribution in [-0.4, -0.2) is 32.8 Å². The quantitative estimate of drug-likeness (QED) is 0.888. The van der Waals surface area contributed by atoms with Gasteiger partial charge in [-0.3, -0.25) is 9.36 Å². The Balaban J connectivity index is 1.74. The van der Waals surface area contributed by atoms with Crippen molar-refractivity contribution in [1.29, 1.82) is 0 Å². The number of aromatic nitrogens is 2. The molecule has 0 spiro atoms. The fourth-order valence-corrected chi connectivity index (χ4v) is 2.73. The van der Waals surface area contributed by atoms with E-state index >= 15 is 0 Å². The van der Waals surface area contributed by atoms with Gasteiger partial charge >= 0.3 is 5.69 Å². The number of carbonyl (C=O) groups is 1. The van der Waals surface area contributed by atoms with Crippen LogP contribution in [0.1, 0.15) is 36.4 Å². The highest BCUT2D eigenvalue weighted by molar-refractivity contribution is 6.03. The molecule has 1 aromatic heterocycles. The van der Waals surface area contributed by atoms with Crippen LogP contribution in [0, 0.1) is 0 Å². The number of aliphatic hydroxyl groups excluding tert-OH is 1. The van der Waals surface area contributed by atoms with Crippen molar-refractivity contribution in [3.05, 3.63) is 58.6 Å². The van der Waals surface area contributed by atoms with Gasteiger partial charge < -0.3 is 15.2 Å². The number of nitrogens with zero attached hydrogens (tertiary/aromatic N) is 2. The topological polar surface area (TPSA) is 93.5 Å². The molecule has 7 nitrogen and oxygen atoms in total. The minimum Gasteiger partial charge on any atom is -0.390 e. The molecule has 1 aliphatic rings. The number of hydrogen-bond acceptors (Lipinski definition) is 5. The van der Waals surface area contributed by atoms with E-state index in [2.05, 4.69) is 10.3 Å². The summed E-state index contributed by atoms with van der Waals surface area (Å²) in [6.07, 6.45) is 1.12. The lowest BCUT2D eigenvalue weighted by Crippen LogP contribution is -2.28. The average molecular weight is 329 g/mol. The van der Waals surface area contributed by atoms with Crippen LogP contribution in [-0.2, 0) is 4.74 Å². The predicted octanol–water partition coefficient (Wildman–Crippen LogP) is 1.55. The summed E-state index contributed by atoms with van der Waals surface area (Å²) in [7, 11) is 0. The molecule has 126 valence electrons. The second kappa shape index (κ2) is 6.94. The molecule has 2 aromatic rings. The van der Waals surface area contributed by atoms with Crippen LogP contribution in [0.4, 0.5) is 5.82 Å². The van der Waals surface area contributed by atoms with Crippen molar-refractivity contribution in [2.75, 3.05) is 5.32 Å². The van der Waals surface area contributed by atoms with Gasteiger partial charge in [-0.05, 0) is 24.6 Å². The number of anilines is 1. The third kappa shape index (κ3) is 3.37. The van der Waals surface area contributed by atoms with Crippen molar-refractivity contribution in [1.82, 2.24) is 9.55 Å². The summed E-state index contributed by atoms with van der Waals surface area (Å²) < 4.78 is 7.00. The van der Waals surface area contributed by atoms with E-state index in [9.17, 15) is 14.7 Å². The zero-order valence-electron chi connectivity index (χ0n) is 13.3. The molecule has 24 heavy (non-hydrogen) atoms. The summed E-state index contributed by atoms with van der Waals surface area (Å²) in [6.45, 7) is 1.92. The Morgan fingerprint density at radius 3 is 2.75 bits per heavy atom. The Morgan fingerprint density at radius 2 is 2.12 bits per heavy atom. The van der Waals surface area contributed by atoms with E-state index in [0.717, 1.165) is 0 Å². The van der Waals surface area contributed by atoms with Gasteiger partial charge in [0.15, 0.2) is 0 Å². The Hall–Kier alpha value is -2.51. The summed E-state index contributed by atoms with van der Waals surface area (Å²) >= 11 is 0. The highest BCUT2D eigenvalue weighted by Gasteiger charge is 2.34. The van der Waals surface area contributed by atoms with Gasteiger partial charge in [-0.1, -0.05) is 25.1 Å². The van der Waals surface area contributed by atoms with Crippen molar-refractivity contribution in [3.63, 3.8) is 0 Å². The van der Waals surface area contributed by atoms with Crippen LogP contribution in [0.3, 0.4) is 0 Å². The molecule has 0 radical (unpaired) electrons. The third-order valence-electron chi connectivity index (χ3n) is 4.02. The predicted molar refractivity (Wildman–Crippen MR) is 87.7 cm³/mol. The van der Waals surface area contributed by atoms with Crippen molar-refractivity contribution < 1.29 is 14.6 Å². The van der Waals surface area contributed by atoms with Gasteiger partial charge in [0.2, 0.25) is 0 Å². The van der Waals surface area contributed by atoms with Crippen LogP contribution < -0.4 is 11.0 Å². The third-order valence-corrected chi connectivity index (χ3v) is 4.02. The molecule has 1 saturated heterocycles. The first-order chi connectivity index (χ1) is 11.6. The molecule has 3 atom stereocenters. The molecule has 1 fully saturated rings. The van der Waals surface area contributed by atoms with Crippen LogP contribution in [0.15, 0.2) is 47.4 Å². The number of hydrogen-bond donors (Lipinski definition) is 2. The number of benzene rings is 1. The highest BCUT2D eigenvalue weighted by Crippen LogP contribution is 2.29. The highest BCUT2D eigenvalue weighted by atomic mass is 16.5. The van der Waals surface area contributed by atoms with Crippen molar-refractivity contribution >= 4 is 11.7 Å². The standard InChI is InChI=1S/C17H19N3O4/c1-2-13-12(21)10-15(24-13)20-9-8-14(19-17(20)23)18-16(22)11-6-4-3-5-7-11/h3-9,12-13,15,21H,2,10H2,1H3,(H,18,19,22,23)/t12?,13-,15-/m1/s1. The summed E-state index contributed by atoms with van der Waals surface area (Å²) in [5.74, 6) is -0.158. The smallest absolute Gasteiger partial charge is 0.351 e. The molecule has 1 amide bonds. The molecule has 1 aromatic carbocycles. The van der Waals surface area contributed by atoms with Gasteiger partial charge in [-0.25, -0.2) is 4.79 Å². The molecule has 1 aliphatic heterocycles.